The summed E-state index contributed by atoms with van der Waals surface area (Å²) in [6.45, 7) is 17.9. The number of tetrazole rings is 1. The molecule has 1 aliphatic heterocycles. The van der Waals surface area contributed by atoms with Crippen molar-refractivity contribution in [2.24, 2.45) is 7.05 Å². The topological polar surface area (TPSA) is 138 Å². The molecule has 274 valence electrons. The Morgan fingerprint density at radius 1 is 0.917 bits per heavy atom. The van der Waals surface area contributed by atoms with Crippen molar-refractivity contribution in [2.45, 2.75) is 105 Å². The Kier molecular flexibility index (Phi) is 26.6. The lowest BCUT2D eigenvalue weighted by molar-refractivity contribution is 0.0646. The molecule has 2 atom stereocenters. The molecule has 4 rings (SSSR count). The molecule has 1 aliphatic rings. The van der Waals surface area contributed by atoms with Crippen LogP contribution in [0, 0.1) is 13.8 Å². The molecular weight excluding hydrogens is 653 g/mol. The molecule has 0 radical (unpaired) electrons. The fraction of sp³-hybridized carbons (Fsp3) is 0.629. The molecule has 2 heterocycles. The van der Waals surface area contributed by atoms with Crippen LogP contribution < -0.4 is 9.47 Å². The van der Waals surface area contributed by atoms with E-state index < -0.39 is 16.2 Å². The van der Waals surface area contributed by atoms with Gasteiger partial charge in [0.1, 0.15) is 36.9 Å². The number of aromatic nitrogens is 4. The molecule has 13 heteroatoms. The number of aliphatic hydroxyl groups is 1. The molecule has 1 fully saturated rings. The lowest BCUT2D eigenvalue weighted by atomic mass is 10.2. The predicted octanol–water partition coefficient (Wildman–Crippen LogP) is 7.20. The Balaban J connectivity index is 0.000000820. The van der Waals surface area contributed by atoms with Crippen LogP contribution in [-0.2, 0) is 26.1 Å². The second-order valence-electron chi connectivity index (χ2n) is 11.0. The summed E-state index contributed by atoms with van der Waals surface area (Å²) in [6.07, 6.45) is 4.82. The van der Waals surface area contributed by atoms with E-state index in [0.717, 1.165) is 17.9 Å². The number of nitrogens with zero attached hydrogens (tertiary/aromatic N) is 4. The fourth-order valence-electron chi connectivity index (χ4n) is 3.00. The van der Waals surface area contributed by atoms with Crippen molar-refractivity contribution >= 4 is 21.9 Å². The minimum atomic E-state index is -3.71. The third-order valence-electron chi connectivity index (χ3n) is 5.74. The Labute approximate surface area is 294 Å². The van der Waals surface area contributed by atoms with E-state index in [1.54, 1.807) is 13.1 Å². The minimum Gasteiger partial charge on any atom is -0.491 e. The zero-order valence-electron chi connectivity index (χ0n) is 30.6. The van der Waals surface area contributed by atoms with Gasteiger partial charge in [-0.25, -0.2) is 4.68 Å². The summed E-state index contributed by atoms with van der Waals surface area (Å²) in [5.74, 6) is 2.00. The third-order valence-corrected chi connectivity index (χ3v) is 8.12. The Morgan fingerprint density at radius 3 is 1.90 bits per heavy atom. The number of rotatable bonds is 15. The largest absolute Gasteiger partial charge is 0.491 e. The summed E-state index contributed by atoms with van der Waals surface area (Å²) in [5, 5.41) is 21.5. The van der Waals surface area contributed by atoms with E-state index in [1.807, 2.05) is 56.3 Å². The van der Waals surface area contributed by atoms with Gasteiger partial charge in [0.25, 0.3) is 10.1 Å². The SMILES string of the molecule is CCC.CCC.CCCC.Cc1ccccc1OCC(O)COS(=O)(=O)CCCSc1nnnn1C.Cc1ccccc1OCC1CO1. The number of hydrogen-bond acceptors (Lipinski definition) is 11. The molecule has 0 aliphatic carbocycles. The normalized spacial score (nSPS) is 13.5. The molecule has 3 aromatic rings. The van der Waals surface area contributed by atoms with E-state index in [2.05, 4.69) is 57.1 Å². The number of unbranched alkanes of at least 4 members (excludes halogenated alkanes) is 1. The van der Waals surface area contributed by atoms with Crippen LogP contribution in [0.15, 0.2) is 53.7 Å². The molecule has 48 heavy (non-hydrogen) atoms. The summed E-state index contributed by atoms with van der Waals surface area (Å²) in [5.41, 5.74) is 2.11. The summed E-state index contributed by atoms with van der Waals surface area (Å²) >= 11 is 1.36. The van der Waals surface area contributed by atoms with Crippen LogP contribution in [0.25, 0.3) is 0 Å². The van der Waals surface area contributed by atoms with Gasteiger partial charge in [-0.05, 0) is 54.0 Å². The maximum atomic E-state index is 11.9. The van der Waals surface area contributed by atoms with Crippen LogP contribution in [0.4, 0.5) is 0 Å². The zero-order valence-corrected chi connectivity index (χ0v) is 32.2. The number of thioether (sulfide) groups is 1. The molecule has 11 nitrogen and oxygen atoms in total. The number of benzene rings is 2. The van der Waals surface area contributed by atoms with Crippen LogP contribution in [0.2, 0.25) is 0 Å². The molecule has 0 spiro atoms. The highest BCUT2D eigenvalue weighted by molar-refractivity contribution is 7.99. The van der Waals surface area contributed by atoms with Crippen LogP contribution in [-0.4, -0.2) is 83.9 Å². The molecule has 2 aromatic carbocycles. The van der Waals surface area contributed by atoms with Crippen molar-refractivity contribution in [3.8, 4) is 11.5 Å². The van der Waals surface area contributed by atoms with Gasteiger partial charge in [0.05, 0.1) is 19.0 Å². The molecule has 0 amide bonds. The molecule has 1 aromatic heterocycles. The van der Waals surface area contributed by atoms with Gasteiger partial charge < -0.3 is 19.3 Å². The first-order chi connectivity index (χ1) is 23.0. The van der Waals surface area contributed by atoms with Crippen molar-refractivity contribution in [2.75, 3.05) is 37.9 Å². The third kappa shape index (κ3) is 23.6. The van der Waals surface area contributed by atoms with Crippen LogP contribution in [0.5, 0.6) is 11.5 Å². The summed E-state index contributed by atoms with van der Waals surface area (Å²) in [6, 6.07) is 15.4. The van der Waals surface area contributed by atoms with Crippen molar-refractivity contribution in [3.63, 3.8) is 0 Å². The number of para-hydroxylation sites is 2. The van der Waals surface area contributed by atoms with Crippen molar-refractivity contribution in [1.82, 2.24) is 20.2 Å². The zero-order chi connectivity index (χ0) is 36.2. The maximum Gasteiger partial charge on any atom is 0.267 e. The Morgan fingerprint density at radius 2 is 1.44 bits per heavy atom. The monoisotopic (exact) mass is 712 g/mol. The fourth-order valence-corrected chi connectivity index (χ4v) is 4.95. The number of aliphatic hydroxyl groups excluding tert-OH is 1. The highest BCUT2D eigenvalue weighted by Crippen LogP contribution is 2.19. The Bertz CT molecular complexity index is 1300. The lowest BCUT2D eigenvalue weighted by Crippen LogP contribution is -2.26. The van der Waals surface area contributed by atoms with Gasteiger partial charge in [-0.2, -0.15) is 8.42 Å². The molecule has 0 saturated carbocycles. The van der Waals surface area contributed by atoms with Gasteiger partial charge in [0, 0.05) is 12.8 Å². The second-order valence-corrected chi connectivity index (χ2v) is 13.8. The van der Waals surface area contributed by atoms with Gasteiger partial charge in [-0.15, -0.1) is 5.10 Å². The quantitative estimate of drug-likeness (QED) is 0.0741. The first kappa shape index (κ1) is 45.3. The van der Waals surface area contributed by atoms with Crippen molar-refractivity contribution in [1.29, 1.82) is 0 Å². The summed E-state index contributed by atoms with van der Waals surface area (Å²) in [4.78, 5) is 0. The van der Waals surface area contributed by atoms with Gasteiger partial charge >= 0.3 is 0 Å². The maximum absolute atomic E-state index is 11.9. The molecule has 2 unspecified atom stereocenters. The number of epoxide rings is 1. The highest BCUT2D eigenvalue weighted by atomic mass is 32.2. The molecule has 1 saturated heterocycles. The van der Waals surface area contributed by atoms with Crippen LogP contribution in [0.1, 0.15) is 84.8 Å². The Hall–Kier alpha value is -2.71. The minimum absolute atomic E-state index is 0.0462. The van der Waals surface area contributed by atoms with Gasteiger partial charge in [0.15, 0.2) is 0 Å². The van der Waals surface area contributed by atoms with E-state index in [9.17, 15) is 13.5 Å². The van der Waals surface area contributed by atoms with E-state index in [-0.39, 0.29) is 19.0 Å². The molecule has 1 N–H and O–H groups in total. The lowest BCUT2D eigenvalue weighted by Gasteiger charge is -2.14. The molecular formula is C35H60N4O7S2. The predicted molar refractivity (Wildman–Crippen MR) is 195 cm³/mol. The highest BCUT2D eigenvalue weighted by Gasteiger charge is 2.23. The smallest absolute Gasteiger partial charge is 0.267 e. The van der Waals surface area contributed by atoms with E-state index in [4.69, 9.17) is 18.4 Å². The summed E-state index contributed by atoms with van der Waals surface area (Å²) < 4.78 is 46.1. The molecule has 0 bridgehead atoms. The average molecular weight is 713 g/mol. The first-order valence-corrected chi connectivity index (χ1v) is 19.4. The van der Waals surface area contributed by atoms with Gasteiger partial charge in [0.2, 0.25) is 5.16 Å². The standard InChI is InChI=1S/C15H22N4O5S2.C10H12O2.C4H10.2C3H8/c1-12-6-3-4-7-14(12)23-10-13(20)11-24-26(21,22)9-5-8-25-15-16-17-18-19(15)2;1-8-4-2-3-5-10(8)12-7-9-6-11-9;1-3-4-2;2*1-3-2/h3-4,6-7,13,20H,5,8-11H2,1-2H3;2-5,9H,6-7H2,1H3;3-4H2,1-2H3;2*3H2,1-2H3. The second kappa shape index (κ2) is 28.2. The number of hydrogen-bond donors (Lipinski definition) is 1. The van der Waals surface area contributed by atoms with E-state index >= 15 is 0 Å². The van der Waals surface area contributed by atoms with Gasteiger partial charge in [-0.3, -0.25) is 4.18 Å². The van der Waals surface area contributed by atoms with E-state index in [0.29, 0.717) is 35.8 Å². The first-order valence-electron chi connectivity index (χ1n) is 16.9. The van der Waals surface area contributed by atoms with E-state index in [1.165, 1.54) is 47.7 Å². The van der Waals surface area contributed by atoms with Gasteiger partial charge in [-0.1, -0.05) is 115 Å². The van der Waals surface area contributed by atoms with Crippen LogP contribution in [0.3, 0.4) is 0 Å². The average Bonchev–Trinajstić information content (AvgIpc) is 3.81. The van der Waals surface area contributed by atoms with Crippen LogP contribution >= 0.6 is 11.8 Å². The number of ether oxygens (including phenoxy) is 3. The van der Waals surface area contributed by atoms with Crippen molar-refractivity contribution < 1.29 is 31.9 Å². The summed E-state index contributed by atoms with van der Waals surface area (Å²) in [7, 11) is -2.00. The van der Waals surface area contributed by atoms with Crippen molar-refractivity contribution in [3.05, 3.63) is 59.7 Å². The number of aryl methyl sites for hydroxylation is 3.